The summed E-state index contributed by atoms with van der Waals surface area (Å²) >= 11 is 0. The Bertz CT molecular complexity index is 1280. The molecule has 132 valence electrons. The number of aliphatic hydroxyl groups excluding tert-OH is 1. The van der Waals surface area contributed by atoms with Crippen molar-refractivity contribution in [2.75, 3.05) is 0 Å². The van der Waals surface area contributed by atoms with E-state index in [0.717, 1.165) is 44.8 Å². The minimum atomic E-state index is 0.0465. The zero-order chi connectivity index (χ0) is 18.4. The summed E-state index contributed by atoms with van der Waals surface area (Å²) in [5.41, 5.74) is 8.36. The van der Waals surface area contributed by atoms with Crippen LogP contribution < -0.4 is 0 Å². The number of para-hydroxylation sites is 1. The van der Waals surface area contributed by atoms with Crippen LogP contribution in [-0.4, -0.2) is 19.5 Å². The number of aromatic nitrogens is 3. The van der Waals surface area contributed by atoms with Crippen molar-refractivity contribution in [2.45, 2.75) is 13.5 Å². The van der Waals surface area contributed by atoms with Crippen LogP contribution >= 0.6 is 0 Å². The number of benzene rings is 2. The van der Waals surface area contributed by atoms with Crippen LogP contribution in [0.2, 0.25) is 0 Å². The first-order valence-corrected chi connectivity index (χ1v) is 9.00. The van der Waals surface area contributed by atoms with Gasteiger partial charge in [-0.25, -0.2) is 4.98 Å². The molecular weight excluding hydrogens is 334 g/mol. The van der Waals surface area contributed by atoms with Crippen molar-refractivity contribution >= 4 is 16.6 Å². The van der Waals surface area contributed by atoms with Crippen molar-refractivity contribution < 1.29 is 5.11 Å². The van der Waals surface area contributed by atoms with Gasteiger partial charge in [-0.3, -0.25) is 0 Å². The van der Waals surface area contributed by atoms with Crippen LogP contribution in [0.25, 0.3) is 38.9 Å². The zero-order valence-electron chi connectivity index (χ0n) is 15.0. The molecule has 0 amide bonds. The van der Waals surface area contributed by atoms with E-state index in [9.17, 15) is 5.11 Å². The maximum atomic E-state index is 9.40. The summed E-state index contributed by atoms with van der Waals surface area (Å²) in [5.74, 6) is 0. The van der Waals surface area contributed by atoms with Gasteiger partial charge in [-0.15, -0.1) is 0 Å². The number of fused-ring (bicyclic) bond motifs is 2. The van der Waals surface area contributed by atoms with Crippen molar-refractivity contribution in [3.63, 3.8) is 0 Å². The molecule has 0 atom stereocenters. The summed E-state index contributed by atoms with van der Waals surface area (Å²) in [5, 5.41) is 10.6. The molecule has 0 spiro atoms. The number of hydrogen-bond donors (Lipinski definition) is 2. The summed E-state index contributed by atoms with van der Waals surface area (Å²) in [6.45, 7) is 2.15. The van der Waals surface area contributed by atoms with Crippen LogP contribution in [0.1, 0.15) is 11.3 Å². The molecule has 3 heterocycles. The van der Waals surface area contributed by atoms with Gasteiger partial charge < -0.3 is 14.5 Å². The first kappa shape index (κ1) is 15.9. The Hall–Kier alpha value is -3.37. The van der Waals surface area contributed by atoms with Gasteiger partial charge in [-0.05, 0) is 47.9 Å². The van der Waals surface area contributed by atoms with Crippen LogP contribution in [0.15, 0.2) is 73.1 Å². The molecule has 0 fully saturated rings. The van der Waals surface area contributed by atoms with Crippen molar-refractivity contribution in [2.24, 2.45) is 0 Å². The normalized spacial score (nSPS) is 11.5. The quantitative estimate of drug-likeness (QED) is 0.482. The fraction of sp³-hybridized carbons (Fsp3) is 0.0870. The van der Waals surface area contributed by atoms with Gasteiger partial charge in [0.15, 0.2) is 0 Å². The molecule has 0 aliphatic rings. The van der Waals surface area contributed by atoms with Crippen LogP contribution in [0.4, 0.5) is 0 Å². The van der Waals surface area contributed by atoms with Gasteiger partial charge in [-0.2, -0.15) is 0 Å². The Labute approximate surface area is 156 Å². The molecule has 0 radical (unpaired) electrons. The molecule has 2 N–H and O–H groups in total. The fourth-order valence-electron chi connectivity index (χ4n) is 3.70. The Morgan fingerprint density at radius 3 is 2.78 bits per heavy atom. The predicted octanol–water partition coefficient (Wildman–Crippen LogP) is 4.95. The first-order chi connectivity index (χ1) is 13.2. The number of nitrogens with zero attached hydrogens (tertiary/aromatic N) is 2. The highest BCUT2D eigenvalue weighted by Crippen LogP contribution is 2.31. The van der Waals surface area contributed by atoms with Crippen LogP contribution in [0, 0.1) is 6.92 Å². The minimum Gasteiger partial charge on any atom is -0.392 e. The Kier molecular flexibility index (Phi) is 3.59. The van der Waals surface area contributed by atoms with Crippen molar-refractivity contribution in [3.05, 3.63) is 84.3 Å². The van der Waals surface area contributed by atoms with Gasteiger partial charge in [0.1, 0.15) is 5.65 Å². The van der Waals surface area contributed by atoms with Gasteiger partial charge >= 0.3 is 0 Å². The number of rotatable bonds is 3. The van der Waals surface area contributed by atoms with Gasteiger partial charge in [0.2, 0.25) is 0 Å². The van der Waals surface area contributed by atoms with E-state index in [1.54, 1.807) is 0 Å². The van der Waals surface area contributed by atoms with Crippen LogP contribution in [0.3, 0.4) is 0 Å². The van der Waals surface area contributed by atoms with Gasteiger partial charge in [0, 0.05) is 34.6 Å². The van der Waals surface area contributed by atoms with E-state index in [4.69, 9.17) is 4.98 Å². The molecule has 0 bridgehead atoms. The van der Waals surface area contributed by atoms with E-state index < -0.39 is 0 Å². The zero-order valence-corrected chi connectivity index (χ0v) is 15.0. The molecule has 2 aromatic carbocycles. The van der Waals surface area contributed by atoms with E-state index >= 15 is 0 Å². The van der Waals surface area contributed by atoms with Crippen molar-refractivity contribution in [3.8, 4) is 22.4 Å². The number of aryl methyl sites for hydroxylation is 1. The first-order valence-electron chi connectivity index (χ1n) is 9.00. The molecule has 0 saturated heterocycles. The maximum absolute atomic E-state index is 9.40. The summed E-state index contributed by atoms with van der Waals surface area (Å²) in [6.07, 6.45) is 4.15. The third-order valence-electron chi connectivity index (χ3n) is 5.14. The molecule has 4 nitrogen and oxygen atoms in total. The third-order valence-corrected chi connectivity index (χ3v) is 5.14. The third kappa shape index (κ3) is 2.54. The summed E-state index contributed by atoms with van der Waals surface area (Å²) in [4.78, 5) is 8.21. The average Bonchev–Trinajstić information content (AvgIpc) is 3.29. The fourth-order valence-corrected chi connectivity index (χ4v) is 3.70. The van der Waals surface area contributed by atoms with E-state index in [0.29, 0.717) is 0 Å². The Balaban J connectivity index is 1.67. The molecule has 0 aliphatic heterocycles. The number of aliphatic hydroxyl groups is 1. The average molecular weight is 353 g/mol. The Morgan fingerprint density at radius 1 is 1.00 bits per heavy atom. The molecule has 0 aliphatic carbocycles. The minimum absolute atomic E-state index is 0.0465. The predicted molar refractivity (Wildman–Crippen MR) is 109 cm³/mol. The van der Waals surface area contributed by atoms with Crippen LogP contribution in [0.5, 0.6) is 0 Å². The van der Waals surface area contributed by atoms with Crippen LogP contribution in [-0.2, 0) is 6.61 Å². The smallest absolute Gasteiger partial charge is 0.137 e. The maximum Gasteiger partial charge on any atom is 0.137 e. The molecule has 4 heteroatoms. The largest absolute Gasteiger partial charge is 0.392 e. The van der Waals surface area contributed by atoms with E-state index in [1.165, 1.54) is 5.39 Å². The molecule has 0 unspecified atom stereocenters. The second kappa shape index (κ2) is 6.11. The second-order valence-corrected chi connectivity index (χ2v) is 6.80. The molecule has 27 heavy (non-hydrogen) atoms. The number of aromatic amines is 1. The van der Waals surface area contributed by atoms with E-state index in [1.807, 2.05) is 36.5 Å². The number of imidazole rings is 1. The second-order valence-electron chi connectivity index (χ2n) is 6.80. The van der Waals surface area contributed by atoms with Gasteiger partial charge in [0.25, 0.3) is 0 Å². The number of nitrogens with one attached hydrogen (secondary N) is 1. The van der Waals surface area contributed by atoms with Gasteiger partial charge in [0.05, 0.1) is 12.3 Å². The molecule has 5 rings (SSSR count). The molecule has 5 aromatic rings. The lowest BCUT2D eigenvalue weighted by molar-refractivity contribution is 0.282. The molecule has 3 aromatic heterocycles. The summed E-state index contributed by atoms with van der Waals surface area (Å²) < 4.78 is 2.14. The van der Waals surface area contributed by atoms with Gasteiger partial charge in [-0.1, -0.05) is 36.4 Å². The molecular formula is C23H19N3O. The highest BCUT2D eigenvalue weighted by molar-refractivity contribution is 5.95. The summed E-state index contributed by atoms with van der Waals surface area (Å²) in [6, 6.07) is 20.4. The topological polar surface area (TPSA) is 53.3 Å². The Morgan fingerprint density at radius 2 is 1.89 bits per heavy atom. The monoisotopic (exact) mass is 353 g/mol. The van der Waals surface area contributed by atoms with Crippen molar-refractivity contribution in [1.29, 1.82) is 0 Å². The lowest BCUT2D eigenvalue weighted by atomic mass is 10.1. The number of pyridine rings is 1. The SMILES string of the molecule is Cc1c(-c2c[nH]c3ccccc23)nc2ccc(-c3cccc(CO)c3)cn12. The standard InChI is InChI=1S/C23H19N3O/c1-15-23(20-12-24-21-8-3-2-7-19(20)21)25-22-10-9-18(13-26(15)22)17-6-4-5-16(11-17)14-27/h2-13,24,27H,14H2,1H3. The highest BCUT2D eigenvalue weighted by Gasteiger charge is 2.14. The lowest BCUT2D eigenvalue weighted by Crippen LogP contribution is -1.90. The van der Waals surface area contributed by atoms with E-state index in [2.05, 4.69) is 52.8 Å². The van der Waals surface area contributed by atoms with Crippen molar-refractivity contribution in [1.82, 2.24) is 14.4 Å². The molecule has 0 saturated carbocycles. The lowest BCUT2D eigenvalue weighted by Gasteiger charge is -2.06. The summed E-state index contributed by atoms with van der Waals surface area (Å²) in [7, 11) is 0. The highest BCUT2D eigenvalue weighted by atomic mass is 16.3. The number of H-pyrrole nitrogens is 1. The number of hydrogen-bond acceptors (Lipinski definition) is 2. The van der Waals surface area contributed by atoms with E-state index in [-0.39, 0.29) is 6.61 Å².